The fourth-order valence-corrected chi connectivity index (χ4v) is 5.62. The highest BCUT2D eigenvalue weighted by Crippen LogP contribution is 2.32. The molecule has 0 spiro atoms. The SMILES string of the molecule is CCOc1ccc2nc(NC(=O)C(CC)Sc3nnc4c5ccccc5n(CC)c4n3)sc2c1. The van der Waals surface area contributed by atoms with Crippen molar-refractivity contribution in [2.75, 3.05) is 11.9 Å². The van der Waals surface area contributed by atoms with Crippen LogP contribution in [0.25, 0.3) is 32.3 Å². The van der Waals surface area contributed by atoms with Crippen LogP contribution < -0.4 is 10.1 Å². The molecule has 174 valence electrons. The van der Waals surface area contributed by atoms with E-state index in [0.29, 0.717) is 23.3 Å². The van der Waals surface area contributed by atoms with E-state index in [-0.39, 0.29) is 11.2 Å². The second kappa shape index (κ2) is 9.55. The Morgan fingerprint density at radius 3 is 2.79 bits per heavy atom. The lowest BCUT2D eigenvalue weighted by atomic mass is 10.2. The Labute approximate surface area is 204 Å². The van der Waals surface area contributed by atoms with Gasteiger partial charge in [-0.1, -0.05) is 48.2 Å². The number of anilines is 1. The first kappa shape index (κ1) is 22.5. The molecule has 5 rings (SSSR count). The van der Waals surface area contributed by atoms with Gasteiger partial charge < -0.3 is 14.6 Å². The summed E-state index contributed by atoms with van der Waals surface area (Å²) >= 11 is 2.75. The molecule has 3 aromatic heterocycles. The van der Waals surface area contributed by atoms with E-state index in [1.165, 1.54) is 23.1 Å². The molecule has 2 aromatic carbocycles. The first-order chi connectivity index (χ1) is 16.6. The van der Waals surface area contributed by atoms with Gasteiger partial charge >= 0.3 is 0 Å². The largest absolute Gasteiger partial charge is 0.494 e. The Morgan fingerprint density at radius 1 is 1.15 bits per heavy atom. The number of hydrogen-bond donors (Lipinski definition) is 1. The van der Waals surface area contributed by atoms with Crippen LogP contribution >= 0.6 is 23.1 Å². The summed E-state index contributed by atoms with van der Waals surface area (Å²) in [5.74, 6) is 0.666. The van der Waals surface area contributed by atoms with Crippen LogP contribution in [0.1, 0.15) is 27.2 Å². The van der Waals surface area contributed by atoms with E-state index >= 15 is 0 Å². The molecule has 0 fully saturated rings. The van der Waals surface area contributed by atoms with Crippen molar-refractivity contribution in [1.82, 2.24) is 24.7 Å². The van der Waals surface area contributed by atoms with E-state index in [1.807, 2.05) is 50.2 Å². The quantitative estimate of drug-likeness (QED) is 0.285. The fourth-order valence-electron chi connectivity index (χ4n) is 3.91. The van der Waals surface area contributed by atoms with E-state index in [4.69, 9.17) is 9.72 Å². The van der Waals surface area contributed by atoms with Crippen molar-refractivity contribution >= 4 is 66.4 Å². The third-order valence-electron chi connectivity index (χ3n) is 5.48. The number of rotatable bonds is 8. The molecule has 0 radical (unpaired) electrons. The molecule has 10 heteroatoms. The molecule has 3 heterocycles. The zero-order valence-corrected chi connectivity index (χ0v) is 20.7. The third-order valence-corrected chi connectivity index (χ3v) is 7.63. The van der Waals surface area contributed by atoms with Crippen LogP contribution in [0.5, 0.6) is 5.75 Å². The summed E-state index contributed by atoms with van der Waals surface area (Å²) in [6.45, 7) is 7.37. The molecule has 0 aliphatic rings. The second-order valence-electron chi connectivity index (χ2n) is 7.61. The minimum atomic E-state index is -0.371. The van der Waals surface area contributed by atoms with Crippen molar-refractivity contribution in [3.05, 3.63) is 42.5 Å². The minimum absolute atomic E-state index is 0.128. The highest BCUT2D eigenvalue weighted by molar-refractivity contribution is 8.00. The highest BCUT2D eigenvalue weighted by Gasteiger charge is 2.22. The smallest absolute Gasteiger partial charge is 0.239 e. The second-order valence-corrected chi connectivity index (χ2v) is 9.81. The molecule has 8 nitrogen and oxygen atoms in total. The summed E-state index contributed by atoms with van der Waals surface area (Å²) in [5.41, 5.74) is 3.47. The van der Waals surface area contributed by atoms with Crippen LogP contribution in [-0.2, 0) is 11.3 Å². The summed E-state index contributed by atoms with van der Waals surface area (Å²) in [5, 5.41) is 13.4. The lowest BCUT2D eigenvalue weighted by Crippen LogP contribution is -2.24. The number of benzene rings is 2. The van der Waals surface area contributed by atoms with Gasteiger partial charge in [0.25, 0.3) is 0 Å². The Morgan fingerprint density at radius 2 is 2.00 bits per heavy atom. The molecule has 1 atom stereocenters. The van der Waals surface area contributed by atoms with Crippen molar-refractivity contribution in [1.29, 1.82) is 0 Å². The summed E-state index contributed by atoms with van der Waals surface area (Å²) in [4.78, 5) is 22.4. The minimum Gasteiger partial charge on any atom is -0.494 e. The number of fused-ring (bicyclic) bond motifs is 4. The zero-order valence-electron chi connectivity index (χ0n) is 19.1. The Balaban J connectivity index is 1.37. The number of aromatic nitrogens is 5. The number of aryl methyl sites for hydroxylation is 1. The van der Waals surface area contributed by atoms with Crippen LogP contribution in [0.15, 0.2) is 47.6 Å². The van der Waals surface area contributed by atoms with Gasteiger partial charge in [-0.25, -0.2) is 9.97 Å². The Hall–Kier alpha value is -3.24. The average Bonchev–Trinajstić information content (AvgIpc) is 3.39. The van der Waals surface area contributed by atoms with Gasteiger partial charge in [0.05, 0.1) is 27.6 Å². The molecule has 5 aromatic rings. The lowest BCUT2D eigenvalue weighted by Gasteiger charge is -2.12. The summed E-state index contributed by atoms with van der Waals surface area (Å²) in [6.07, 6.45) is 0.619. The standard InChI is InChI=1S/C24H24N6O2S2/c1-4-18(22(31)27-23-25-16-12-11-14(32-6-3)13-19(16)34-23)33-24-26-21-20(28-29-24)15-9-7-8-10-17(15)30(21)5-2/h7-13,18H,4-6H2,1-3H3,(H,25,27,31). The molecule has 1 amide bonds. The molecule has 0 aliphatic heterocycles. The highest BCUT2D eigenvalue weighted by atomic mass is 32.2. The van der Waals surface area contributed by atoms with Gasteiger partial charge in [-0.05, 0) is 44.5 Å². The van der Waals surface area contributed by atoms with Crippen molar-refractivity contribution in [2.24, 2.45) is 0 Å². The maximum Gasteiger partial charge on any atom is 0.239 e. The number of thiazole rings is 1. The van der Waals surface area contributed by atoms with Crippen molar-refractivity contribution in [3.63, 3.8) is 0 Å². The van der Waals surface area contributed by atoms with Gasteiger partial charge in [0.15, 0.2) is 10.8 Å². The Kier molecular flexibility index (Phi) is 6.34. The van der Waals surface area contributed by atoms with Crippen LogP contribution in [0.4, 0.5) is 5.13 Å². The molecule has 0 bridgehead atoms. The van der Waals surface area contributed by atoms with Gasteiger partial charge in [0, 0.05) is 11.9 Å². The van der Waals surface area contributed by atoms with Crippen molar-refractivity contribution in [3.8, 4) is 5.75 Å². The maximum absolute atomic E-state index is 13.1. The summed E-state index contributed by atoms with van der Waals surface area (Å²) in [7, 11) is 0. The van der Waals surface area contributed by atoms with Gasteiger partial charge in [-0.2, -0.15) is 0 Å². The number of ether oxygens (including phenoxy) is 1. The maximum atomic E-state index is 13.1. The molecular weight excluding hydrogens is 468 g/mol. The fraction of sp³-hybridized carbons (Fsp3) is 0.292. The number of hydrogen-bond acceptors (Lipinski definition) is 8. The van der Waals surface area contributed by atoms with Crippen molar-refractivity contribution in [2.45, 2.75) is 44.1 Å². The molecule has 0 saturated carbocycles. The van der Waals surface area contributed by atoms with Crippen LogP contribution in [0.3, 0.4) is 0 Å². The number of para-hydroxylation sites is 1. The molecule has 0 saturated heterocycles. The van der Waals surface area contributed by atoms with Gasteiger partial charge in [0.1, 0.15) is 11.3 Å². The van der Waals surface area contributed by atoms with Crippen LogP contribution in [0, 0.1) is 0 Å². The number of nitrogens with one attached hydrogen (secondary N) is 1. The molecular formula is C24H24N6O2S2. The van der Waals surface area contributed by atoms with Crippen LogP contribution in [0.2, 0.25) is 0 Å². The summed E-state index contributed by atoms with van der Waals surface area (Å²) < 4.78 is 8.65. The van der Waals surface area contributed by atoms with E-state index in [9.17, 15) is 4.79 Å². The number of carbonyl (C=O) groups is 1. The predicted molar refractivity (Wildman–Crippen MR) is 138 cm³/mol. The first-order valence-electron chi connectivity index (χ1n) is 11.2. The number of amides is 1. The lowest BCUT2D eigenvalue weighted by molar-refractivity contribution is -0.115. The zero-order chi connectivity index (χ0) is 23.7. The summed E-state index contributed by atoms with van der Waals surface area (Å²) in [6, 6.07) is 13.8. The van der Waals surface area contributed by atoms with Gasteiger partial charge in [0.2, 0.25) is 11.1 Å². The normalized spacial score (nSPS) is 12.4. The van der Waals surface area contributed by atoms with E-state index in [0.717, 1.165) is 44.6 Å². The monoisotopic (exact) mass is 492 g/mol. The molecule has 0 aliphatic carbocycles. The first-order valence-corrected chi connectivity index (χ1v) is 12.9. The van der Waals surface area contributed by atoms with Gasteiger partial charge in [-0.15, -0.1) is 10.2 Å². The molecule has 1 N–H and O–H groups in total. The number of thioether (sulfide) groups is 1. The van der Waals surface area contributed by atoms with Crippen LogP contribution in [-0.4, -0.2) is 42.5 Å². The number of nitrogens with zero attached hydrogens (tertiary/aromatic N) is 5. The number of carbonyl (C=O) groups excluding carboxylic acids is 1. The van der Waals surface area contributed by atoms with E-state index < -0.39 is 0 Å². The predicted octanol–water partition coefficient (Wildman–Crippen LogP) is 5.52. The molecule has 1 unspecified atom stereocenters. The van der Waals surface area contributed by atoms with Gasteiger partial charge in [-0.3, -0.25) is 4.79 Å². The third kappa shape index (κ3) is 4.19. The van der Waals surface area contributed by atoms with E-state index in [2.05, 4.69) is 38.1 Å². The van der Waals surface area contributed by atoms with Crippen molar-refractivity contribution < 1.29 is 9.53 Å². The molecule has 34 heavy (non-hydrogen) atoms. The Bertz CT molecular complexity index is 1500. The topological polar surface area (TPSA) is 94.8 Å². The average molecular weight is 493 g/mol. The van der Waals surface area contributed by atoms with E-state index in [1.54, 1.807) is 0 Å².